The molecule has 1 saturated carbocycles. The predicted octanol–water partition coefficient (Wildman–Crippen LogP) is 2.25. The molecular weight excluding hydrogens is 200 g/mol. The molecule has 0 radical (unpaired) electrons. The van der Waals surface area contributed by atoms with Gasteiger partial charge in [-0.1, -0.05) is 12.1 Å². The van der Waals surface area contributed by atoms with Crippen LogP contribution in [-0.2, 0) is 10.2 Å². The predicted molar refractivity (Wildman–Crippen MR) is 61.1 cm³/mol. The quantitative estimate of drug-likeness (QED) is 0.766. The third kappa shape index (κ3) is 1.24. The van der Waals surface area contributed by atoms with Crippen molar-refractivity contribution in [2.45, 2.75) is 25.2 Å². The number of benzene rings is 1. The van der Waals surface area contributed by atoms with E-state index in [2.05, 4.69) is 9.97 Å². The van der Waals surface area contributed by atoms with Gasteiger partial charge in [0.05, 0.1) is 28.3 Å². The molecule has 1 aliphatic rings. The molecule has 80 valence electrons. The molecule has 1 aliphatic carbocycles. The Bertz CT molecular complexity index is 573. The summed E-state index contributed by atoms with van der Waals surface area (Å²) < 4.78 is 0. The molecule has 0 saturated heterocycles. The lowest BCUT2D eigenvalue weighted by atomic mass is 9.98. The smallest absolute Gasteiger partial charge is 0.141 e. The fraction of sp³-hybridized carbons (Fsp3) is 0.308. The SMILES string of the molecule is CC(=O)C1(c2cnc3ccccc3n2)CC1. The first-order chi connectivity index (χ1) is 7.72. The molecule has 0 N–H and O–H groups in total. The molecule has 0 spiro atoms. The van der Waals surface area contributed by atoms with E-state index in [1.54, 1.807) is 13.1 Å². The van der Waals surface area contributed by atoms with E-state index in [0.29, 0.717) is 0 Å². The molecule has 0 amide bonds. The molecule has 1 aromatic heterocycles. The highest BCUT2D eigenvalue weighted by Gasteiger charge is 2.50. The molecule has 3 nitrogen and oxygen atoms in total. The van der Waals surface area contributed by atoms with Crippen LogP contribution in [0, 0.1) is 0 Å². The average Bonchev–Trinajstić information content (AvgIpc) is 3.09. The Labute approximate surface area is 93.5 Å². The Morgan fingerprint density at radius 3 is 2.56 bits per heavy atom. The number of para-hydroxylation sites is 2. The normalized spacial score (nSPS) is 17.3. The van der Waals surface area contributed by atoms with E-state index in [0.717, 1.165) is 29.6 Å². The lowest BCUT2D eigenvalue weighted by Crippen LogP contribution is -2.18. The number of carbonyl (C=O) groups is 1. The summed E-state index contributed by atoms with van der Waals surface area (Å²) in [5.74, 6) is 0.206. The summed E-state index contributed by atoms with van der Waals surface area (Å²) in [7, 11) is 0. The van der Waals surface area contributed by atoms with E-state index in [1.165, 1.54) is 0 Å². The van der Waals surface area contributed by atoms with Crippen molar-refractivity contribution in [2.75, 3.05) is 0 Å². The van der Waals surface area contributed by atoms with Crippen molar-refractivity contribution < 1.29 is 4.79 Å². The van der Waals surface area contributed by atoms with Gasteiger partial charge in [0, 0.05) is 0 Å². The molecule has 16 heavy (non-hydrogen) atoms. The summed E-state index contributed by atoms with van der Waals surface area (Å²) in [4.78, 5) is 20.5. The lowest BCUT2D eigenvalue weighted by molar-refractivity contribution is -0.119. The Balaban J connectivity index is 2.16. The van der Waals surface area contributed by atoms with Crippen molar-refractivity contribution in [3.8, 4) is 0 Å². The summed E-state index contributed by atoms with van der Waals surface area (Å²) in [6.45, 7) is 1.64. The number of fused-ring (bicyclic) bond motifs is 1. The van der Waals surface area contributed by atoms with Crippen LogP contribution >= 0.6 is 0 Å². The van der Waals surface area contributed by atoms with E-state index in [1.807, 2.05) is 24.3 Å². The van der Waals surface area contributed by atoms with Gasteiger partial charge < -0.3 is 0 Å². The van der Waals surface area contributed by atoms with E-state index < -0.39 is 0 Å². The van der Waals surface area contributed by atoms with Gasteiger partial charge in [-0.2, -0.15) is 0 Å². The maximum absolute atomic E-state index is 11.6. The first-order valence-corrected chi connectivity index (χ1v) is 5.46. The zero-order valence-corrected chi connectivity index (χ0v) is 9.10. The van der Waals surface area contributed by atoms with Crippen LogP contribution in [0.3, 0.4) is 0 Å². The highest BCUT2D eigenvalue weighted by Crippen LogP contribution is 2.48. The number of Topliss-reactive ketones (excluding diaryl/α,β-unsaturated/α-hetero) is 1. The summed E-state index contributed by atoms with van der Waals surface area (Å²) in [5.41, 5.74) is 2.26. The maximum atomic E-state index is 11.6. The molecule has 3 rings (SSSR count). The zero-order valence-electron chi connectivity index (χ0n) is 9.10. The van der Waals surface area contributed by atoms with Crippen LogP contribution in [0.4, 0.5) is 0 Å². The van der Waals surface area contributed by atoms with Crippen molar-refractivity contribution in [1.29, 1.82) is 0 Å². The number of aromatic nitrogens is 2. The van der Waals surface area contributed by atoms with Gasteiger partial charge in [-0.15, -0.1) is 0 Å². The van der Waals surface area contributed by atoms with Crippen molar-refractivity contribution in [2.24, 2.45) is 0 Å². The number of hydrogen-bond acceptors (Lipinski definition) is 3. The minimum absolute atomic E-state index is 0.206. The Morgan fingerprint density at radius 2 is 1.94 bits per heavy atom. The number of nitrogens with zero attached hydrogens (tertiary/aromatic N) is 2. The van der Waals surface area contributed by atoms with Gasteiger partial charge in [0.25, 0.3) is 0 Å². The zero-order chi connectivity index (χ0) is 11.2. The average molecular weight is 212 g/mol. The minimum Gasteiger partial charge on any atom is -0.299 e. The van der Waals surface area contributed by atoms with Crippen LogP contribution in [0.15, 0.2) is 30.5 Å². The van der Waals surface area contributed by atoms with Gasteiger partial charge in [-0.3, -0.25) is 9.78 Å². The van der Waals surface area contributed by atoms with Crippen LogP contribution < -0.4 is 0 Å². The Morgan fingerprint density at radius 1 is 1.25 bits per heavy atom. The number of ketones is 1. The molecule has 0 atom stereocenters. The minimum atomic E-state index is -0.322. The van der Waals surface area contributed by atoms with Gasteiger partial charge >= 0.3 is 0 Å². The summed E-state index contributed by atoms with van der Waals surface area (Å²) in [6.07, 6.45) is 3.57. The third-order valence-corrected chi connectivity index (χ3v) is 3.36. The molecule has 0 bridgehead atoms. The monoisotopic (exact) mass is 212 g/mol. The summed E-state index contributed by atoms with van der Waals surface area (Å²) >= 11 is 0. The molecule has 0 unspecified atom stereocenters. The summed E-state index contributed by atoms with van der Waals surface area (Å²) in [5, 5.41) is 0. The molecule has 1 heterocycles. The second-order valence-corrected chi connectivity index (χ2v) is 4.38. The highest BCUT2D eigenvalue weighted by atomic mass is 16.1. The van der Waals surface area contributed by atoms with E-state index in [4.69, 9.17) is 0 Å². The van der Waals surface area contributed by atoms with Crippen molar-refractivity contribution in [3.63, 3.8) is 0 Å². The fourth-order valence-corrected chi connectivity index (χ4v) is 2.10. The van der Waals surface area contributed by atoms with Crippen molar-refractivity contribution in [3.05, 3.63) is 36.2 Å². The van der Waals surface area contributed by atoms with E-state index >= 15 is 0 Å². The highest BCUT2D eigenvalue weighted by molar-refractivity contribution is 5.91. The Hall–Kier alpha value is -1.77. The topological polar surface area (TPSA) is 42.9 Å². The van der Waals surface area contributed by atoms with Crippen molar-refractivity contribution >= 4 is 16.8 Å². The van der Waals surface area contributed by atoms with Gasteiger partial charge in [0.2, 0.25) is 0 Å². The lowest BCUT2D eigenvalue weighted by Gasteiger charge is -2.10. The van der Waals surface area contributed by atoms with Crippen LogP contribution in [0.1, 0.15) is 25.5 Å². The third-order valence-electron chi connectivity index (χ3n) is 3.36. The van der Waals surface area contributed by atoms with Crippen molar-refractivity contribution in [1.82, 2.24) is 9.97 Å². The molecular formula is C13H12N2O. The Kier molecular flexibility index (Phi) is 1.84. The molecule has 1 aromatic carbocycles. The van der Waals surface area contributed by atoms with Crippen LogP contribution in [0.25, 0.3) is 11.0 Å². The molecule has 3 heteroatoms. The summed E-state index contributed by atoms with van der Waals surface area (Å²) in [6, 6.07) is 7.74. The first kappa shape index (κ1) is 9.46. The van der Waals surface area contributed by atoms with E-state index in [-0.39, 0.29) is 11.2 Å². The number of hydrogen-bond donors (Lipinski definition) is 0. The van der Waals surface area contributed by atoms with Crippen LogP contribution in [0.5, 0.6) is 0 Å². The number of rotatable bonds is 2. The molecule has 0 aliphatic heterocycles. The van der Waals surface area contributed by atoms with Gasteiger partial charge in [-0.25, -0.2) is 4.98 Å². The maximum Gasteiger partial charge on any atom is 0.141 e. The fourth-order valence-electron chi connectivity index (χ4n) is 2.10. The largest absolute Gasteiger partial charge is 0.299 e. The van der Waals surface area contributed by atoms with Gasteiger partial charge in [0.15, 0.2) is 0 Å². The van der Waals surface area contributed by atoms with Gasteiger partial charge in [0.1, 0.15) is 5.78 Å². The second kappa shape index (κ2) is 3.11. The van der Waals surface area contributed by atoms with Gasteiger partial charge in [-0.05, 0) is 31.9 Å². The second-order valence-electron chi connectivity index (χ2n) is 4.38. The molecule has 2 aromatic rings. The standard InChI is InChI=1S/C13H12N2O/c1-9(16)13(6-7-13)12-8-14-10-4-2-3-5-11(10)15-12/h2-5,8H,6-7H2,1H3. The van der Waals surface area contributed by atoms with E-state index in [9.17, 15) is 4.79 Å². The van der Waals surface area contributed by atoms with Crippen LogP contribution in [0.2, 0.25) is 0 Å². The van der Waals surface area contributed by atoms with Crippen LogP contribution in [-0.4, -0.2) is 15.8 Å². The first-order valence-electron chi connectivity index (χ1n) is 5.46. The number of carbonyl (C=O) groups excluding carboxylic acids is 1. The molecule has 1 fully saturated rings.